The minimum absolute atomic E-state index is 0. The van der Waals surface area contributed by atoms with Crippen LogP contribution in [0.2, 0.25) is 0 Å². The van der Waals surface area contributed by atoms with Crippen LogP contribution in [-0.4, -0.2) is 54.5 Å². The molecule has 0 aliphatic carbocycles. The second-order valence-electron chi connectivity index (χ2n) is 13.2. The third-order valence-corrected chi connectivity index (χ3v) is 8.66. The standard InChI is InChI=1S/C23H18N2O4.C21H18N2O4.C3H6O.CH4/c1-14(26)15-3-12-20-21(13-15)23(28)25(22(20)27)17-6-10-19(11-7-17)29-18-8-4-16(24-2)5-9-18;1-22-14-6-10-16(11-7-14)27-17-12-8-15(9-13-17)23-20(24)18-4-2-3-5-19(18)21(25)26;1-3(2)4;/h3-13,24H,1-2H3;2-13,22H,1H3,(H,23,24)(H,25,26);1-2H3;1H4. The third kappa shape index (κ3) is 12.0. The van der Waals surface area contributed by atoms with E-state index < -0.39 is 23.7 Å². The Morgan fingerprint density at radius 2 is 0.951 bits per heavy atom. The van der Waals surface area contributed by atoms with Gasteiger partial charge in [0.1, 0.15) is 28.8 Å². The van der Waals surface area contributed by atoms with Crippen molar-refractivity contribution in [2.24, 2.45) is 0 Å². The fraction of sp³-hybridized carbons (Fsp3) is 0.125. The number of ether oxygens (including phenoxy) is 2. The lowest BCUT2D eigenvalue weighted by atomic mass is 10.0. The molecule has 3 amide bonds. The maximum Gasteiger partial charge on any atom is 0.336 e. The highest BCUT2D eigenvalue weighted by atomic mass is 16.5. The lowest BCUT2D eigenvalue weighted by Gasteiger charge is -2.14. The fourth-order valence-electron chi connectivity index (χ4n) is 5.68. The number of anilines is 4. The number of amides is 3. The van der Waals surface area contributed by atoms with Gasteiger partial charge in [0.05, 0.1) is 27.9 Å². The van der Waals surface area contributed by atoms with Gasteiger partial charge in [0.2, 0.25) is 0 Å². The van der Waals surface area contributed by atoms with Gasteiger partial charge in [0.25, 0.3) is 17.7 Å². The smallest absolute Gasteiger partial charge is 0.336 e. The van der Waals surface area contributed by atoms with Gasteiger partial charge in [-0.15, -0.1) is 0 Å². The molecule has 13 heteroatoms. The number of carboxylic acid groups (broad SMARTS) is 1. The summed E-state index contributed by atoms with van der Waals surface area (Å²) in [6.45, 7) is 4.48. The maximum absolute atomic E-state index is 12.8. The van der Waals surface area contributed by atoms with Gasteiger partial charge in [-0.1, -0.05) is 25.6 Å². The number of hydrogen-bond donors (Lipinski definition) is 4. The molecule has 0 bridgehead atoms. The van der Waals surface area contributed by atoms with Gasteiger partial charge in [-0.2, -0.15) is 0 Å². The Morgan fingerprint density at radius 3 is 1.38 bits per heavy atom. The molecular formula is C48H46N4O9. The highest BCUT2D eigenvalue weighted by Gasteiger charge is 2.37. The summed E-state index contributed by atoms with van der Waals surface area (Å²) in [5, 5.41) is 18.0. The number of fused-ring (bicyclic) bond motifs is 1. The number of ketones is 2. The van der Waals surface area contributed by atoms with Crippen molar-refractivity contribution in [1.82, 2.24) is 0 Å². The third-order valence-electron chi connectivity index (χ3n) is 8.66. The Balaban J connectivity index is 0.000000244. The molecule has 1 aliphatic heterocycles. The lowest BCUT2D eigenvalue weighted by molar-refractivity contribution is -0.115. The van der Waals surface area contributed by atoms with E-state index in [-0.39, 0.29) is 35.7 Å². The van der Waals surface area contributed by atoms with Crippen LogP contribution in [-0.2, 0) is 4.79 Å². The van der Waals surface area contributed by atoms with Crippen LogP contribution in [0.1, 0.15) is 80.0 Å². The second kappa shape index (κ2) is 21.1. The molecule has 0 saturated carbocycles. The molecular weight excluding hydrogens is 777 g/mol. The zero-order valence-electron chi connectivity index (χ0n) is 33.4. The van der Waals surface area contributed by atoms with Crippen molar-refractivity contribution in [3.8, 4) is 23.0 Å². The van der Waals surface area contributed by atoms with Gasteiger partial charge in [-0.05, 0) is 142 Å². The Hall–Kier alpha value is -8.06. The maximum atomic E-state index is 12.8. The van der Waals surface area contributed by atoms with Crippen molar-refractivity contribution in [2.75, 3.05) is 34.9 Å². The number of aromatic carboxylic acids is 1. The Morgan fingerprint density at radius 1 is 0.541 bits per heavy atom. The number of hydrogen-bond acceptors (Lipinski definition) is 10. The van der Waals surface area contributed by atoms with Crippen LogP contribution in [0.15, 0.2) is 140 Å². The summed E-state index contributed by atoms with van der Waals surface area (Å²) in [7, 11) is 3.69. The van der Waals surface area contributed by atoms with Crippen LogP contribution < -0.4 is 30.3 Å². The number of carboxylic acids is 1. The largest absolute Gasteiger partial charge is 0.478 e. The van der Waals surface area contributed by atoms with Crippen LogP contribution >= 0.6 is 0 Å². The highest BCUT2D eigenvalue weighted by Crippen LogP contribution is 2.32. The van der Waals surface area contributed by atoms with E-state index in [1.165, 1.54) is 45.0 Å². The van der Waals surface area contributed by atoms with Gasteiger partial charge in [0.15, 0.2) is 5.78 Å². The predicted octanol–water partition coefficient (Wildman–Crippen LogP) is 10.2. The Kier molecular flexibility index (Phi) is 15.8. The minimum atomic E-state index is -1.14. The molecule has 0 fully saturated rings. The summed E-state index contributed by atoms with van der Waals surface area (Å²) in [5.74, 6) is 0.114. The molecule has 6 aromatic rings. The number of Topliss-reactive ketones (excluding diaryl/α,β-unsaturated/α-hetero) is 2. The zero-order chi connectivity index (χ0) is 43.3. The molecule has 13 nitrogen and oxygen atoms in total. The number of imide groups is 1. The molecule has 0 unspecified atom stereocenters. The first-order valence-electron chi connectivity index (χ1n) is 18.5. The van der Waals surface area contributed by atoms with Crippen LogP contribution in [0.3, 0.4) is 0 Å². The molecule has 312 valence electrons. The number of nitrogens with one attached hydrogen (secondary N) is 3. The van der Waals surface area contributed by atoms with Crippen molar-refractivity contribution in [3.05, 3.63) is 167 Å². The van der Waals surface area contributed by atoms with Gasteiger partial charge < -0.3 is 35.3 Å². The van der Waals surface area contributed by atoms with E-state index in [0.29, 0.717) is 45.5 Å². The van der Waals surface area contributed by atoms with E-state index in [1.54, 1.807) is 66.7 Å². The van der Waals surface area contributed by atoms with Crippen molar-refractivity contribution in [1.29, 1.82) is 0 Å². The number of carbonyl (C=O) groups is 6. The number of nitrogens with zero attached hydrogens (tertiary/aromatic N) is 1. The average Bonchev–Trinajstić information content (AvgIpc) is 3.50. The quantitative estimate of drug-likeness (QED) is 0.0721. The van der Waals surface area contributed by atoms with Crippen molar-refractivity contribution >= 4 is 58.0 Å². The molecule has 6 aromatic carbocycles. The summed E-state index contributed by atoms with van der Waals surface area (Å²) in [6, 6.07) is 39.2. The molecule has 0 saturated heterocycles. The van der Waals surface area contributed by atoms with Gasteiger partial charge >= 0.3 is 5.97 Å². The number of carbonyl (C=O) groups excluding carboxylic acids is 5. The molecule has 0 radical (unpaired) electrons. The summed E-state index contributed by atoms with van der Waals surface area (Å²) in [4.78, 5) is 71.2. The van der Waals surface area contributed by atoms with Crippen molar-refractivity contribution in [2.45, 2.75) is 28.2 Å². The Bertz CT molecular complexity index is 2510. The van der Waals surface area contributed by atoms with Crippen LogP contribution in [0, 0.1) is 0 Å². The Labute approximate surface area is 354 Å². The van der Waals surface area contributed by atoms with E-state index in [4.69, 9.17) is 9.47 Å². The number of rotatable bonds is 11. The second-order valence-corrected chi connectivity index (χ2v) is 13.2. The lowest BCUT2D eigenvalue weighted by Crippen LogP contribution is -2.29. The molecule has 0 atom stereocenters. The summed E-state index contributed by atoms with van der Waals surface area (Å²) >= 11 is 0. The first kappa shape index (κ1) is 45.6. The van der Waals surface area contributed by atoms with E-state index >= 15 is 0 Å². The van der Waals surface area contributed by atoms with E-state index in [2.05, 4.69) is 16.0 Å². The van der Waals surface area contributed by atoms with Crippen molar-refractivity contribution < 1.29 is 43.3 Å². The van der Waals surface area contributed by atoms with Crippen LogP contribution in [0.25, 0.3) is 0 Å². The molecule has 7 rings (SSSR count). The predicted molar refractivity (Wildman–Crippen MR) is 237 cm³/mol. The molecule has 1 aliphatic rings. The minimum Gasteiger partial charge on any atom is -0.478 e. The first-order valence-corrected chi connectivity index (χ1v) is 18.5. The van der Waals surface area contributed by atoms with Gasteiger partial charge in [-0.3, -0.25) is 19.2 Å². The summed E-state index contributed by atoms with van der Waals surface area (Å²) in [6.07, 6.45) is 0. The van der Waals surface area contributed by atoms with E-state index in [9.17, 15) is 33.9 Å². The van der Waals surface area contributed by atoms with Crippen LogP contribution in [0.5, 0.6) is 23.0 Å². The van der Waals surface area contributed by atoms with E-state index in [0.717, 1.165) is 16.3 Å². The SMILES string of the molecule is C.CC(C)=O.CNc1ccc(Oc2ccc(N3C(=O)c4ccc(C(C)=O)cc4C3=O)cc2)cc1.CNc1ccc(Oc2ccc(NC(=O)c3ccccc3C(=O)O)cc2)cc1. The van der Waals surface area contributed by atoms with Gasteiger partial charge in [-0.25, -0.2) is 9.69 Å². The first-order chi connectivity index (χ1) is 28.8. The molecule has 0 spiro atoms. The van der Waals surface area contributed by atoms with Gasteiger partial charge in [0, 0.05) is 36.7 Å². The normalized spacial score (nSPS) is 10.9. The summed E-state index contributed by atoms with van der Waals surface area (Å²) < 4.78 is 11.6. The molecule has 61 heavy (non-hydrogen) atoms. The highest BCUT2D eigenvalue weighted by molar-refractivity contribution is 6.34. The average molecular weight is 823 g/mol. The summed E-state index contributed by atoms with van der Waals surface area (Å²) in [5.41, 5.74) is 3.96. The molecule has 1 heterocycles. The monoisotopic (exact) mass is 822 g/mol. The zero-order valence-corrected chi connectivity index (χ0v) is 33.4. The molecule has 0 aromatic heterocycles. The van der Waals surface area contributed by atoms with Crippen LogP contribution in [0.4, 0.5) is 22.7 Å². The van der Waals surface area contributed by atoms with E-state index in [1.807, 2.05) is 62.6 Å². The molecule has 4 N–H and O–H groups in total. The number of benzene rings is 6. The van der Waals surface area contributed by atoms with Crippen molar-refractivity contribution in [3.63, 3.8) is 0 Å². The topological polar surface area (TPSA) is 180 Å². The fourth-order valence-corrected chi connectivity index (χ4v) is 5.68.